The molecule has 1 aromatic carbocycles. The minimum Gasteiger partial charge on any atom is -0.348 e. The standard InChI is InChI=1S/C11H11ClN2O3S/c12-10-2-1-8(14(16)17)5-9(10)11(15)13-7-3-4-18-6-7/h1-2,5,7H,3-4,6H2,(H,13,15). The summed E-state index contributed by atoms with van der Waals surface area (Å²) < 4.78 is 0. The van der Waals surface area contributed by atoms with Crippen LogP contribution in [0, 0.1) is 10.1 Å². The van der Waals surface area contributed by atoms with Gasteiger partial charge in [0.25, 0.3) is 11.6 Å². The molecule has 1 heterocycles. The van der Waals surface area contributed by atoms with Crippen molar-refractivity contribution in [3.05, 3.63) is 38.9 Å². The summed E-state index contributed by atoms with van der Waals surface area (Å²) in [5.74, 6) is 1.54. The molecule has 0 aromatic heterocycles. The van der Waals surface area contributed by atoms with E-state index in [9.17, 15) is 14.9 Å². The van der Waals surface area contributed by atoms with Crippen LogP contribution in [-0.4, -0.2) is 28.4 Å². The highest BCUT2D eigenvalue weighted by molar-refractivity contribution is 7.99. The number of halogens is 1. The molecular formula is C11H11ClN2O3S. The quantitative estimate of drug-likeness (QED) is 0.684. The van der Waals surface area contributed by atoms with Crippen molar-refractivity contribution in [2.45, 2.75) is 12.5 Å². The van der Waals surface area contributed by atoms with Crippen LogP contribution in [0.4, 0.5) is 5.69 Å². The van der Waals surface area contributed by atoms with Crippen molar-refractivity contribution in [3.63, 3.8) is 0 Å². The van der Waals surface area contributed by atoms with E-state index in [-0.39, 0.29) is 28.2 Å². The number of nitro benzene ring substituents is 1. The van der Waals surface area contributed by atoms with Gasteiger partial charge in [0.05, 0.1) is 15.5 Å². The maximum Gasteiger partial charge on any atom is 0.270 e. The molecule has 7 heteroatoms. The van der Waals surface area contributed by atoms with Crippen molar-refractivity contribution in [1.82, 2.24) is 5.32 Å². The van der Waals surface area contributed by atoms with Gasteiger partial charge in [0.2, 0.25) is 0 Å². The van der Waals surface area contributed by atoms with E-state index in [1.807, 2.05) is 0 Å². The maximum absolute atomic E-state index is 12.0. The molecule has 1 aliphatic rings. The van der Waals surface area contributed by atoms with Gasteiger partial charge in [-0.2, -0.15) is 11.8 Å². The van der Waals surface area contributed by atoms with Gasteiger partial charge in [-0.3, -0.25) is 14.9 Å². The van der Waals surface area contributed by atoms with E-state index in [1.54, 1.807) is 11.8 Å². The minimum atomic E-state index is -0.543. The van der Waals surface area contributed by atoms with Gasteiger partial charge in [-0.05, 0) is 18.2 Å². The number of carbonyl (C=O) groups is 1. The molecule has 1 aliphatic heterocycles. The van der Waals surface area contributed by atoms with Crippen LogP contribution in [0.2, 0.25) is 5.02 Å². The largest absolute Gasteiger partial charge is 0.348 e. The van der Waals surface area contributed by atoms with Crippen LogP contribution in [0.1, 0.15) is 16.8 Å². The number of hydrogen-bond acceptors (Lipinski definition) is 4. The van der Waals surface area contributed by atoms with E-state index in [1.165, 1.54) is 18.2 Å². The van der Waals surface area contributed by atoms with Crippen molar-refractivity contribution >= 4 is 35.0 Å². The molecule has 0 radical (unpaired) electrons. The Balaban J connectivity index is 2.17. The molecular weight excluding hydrogens is 276 g/mol. The predicted octanol–water partition coefficient (Wildman–Crippen LogP) is 2.48. The fraction of sp³-hybridized carbons (Fsp3) is 0.364. The van der Waals surface area contributed by atoms with E-state index < -0.39 is 4.92 Å². The second-order valence-corrected chi connectivity index (χ2v) is 5.51. The summed E-state index contributed by atoms with van der Waals surface area (Å²) in [6, 6.07) is 3.99. The van der Waals surface area contributed by atoms with Crippen molar-refractivity contribution in [2.75, 3.05) is 11.5 Å². The zero-order valence-electron chi connectivity index (χ0n) is 9.39. The van der Waals surface area contributed by atoms with Crippen molar-refractivity contribution in [2.24, 2.45) is 0 Å². The molecule has 0 bridgehead atoms. The first kappa shape index (κ1) is 13.2. The Bertz CT molecular complexity index is 489. The summed E-state index contributed by atoms with van der Waals surface area (Å²) in [4.78, 5) is 22.1. The Morgan fingerprint density at radius 1 is 1.56 bits per heavy atom. The normalized spacial score (nSPS) is 18.6. The Hall–Kier alpha value is -1.27. The summed E-state index contributed by atoms with van der Waals surface area (Å²) in [6.07, 6.45) is 0.920. The van der Waals surface area contributed by atoms with Gasteiger partial charge in [-0.15, -0.1) is 0 Å². The smallest absolute Gasteiger partial charge is 0.270 e. The third kappa shape index (κ3) is 2.94. The number of nitrogens with zero attached hydrogens (tertiary/aromatic N) is 1. The van der Waals surface area contributed by atoms with E-state index in [0.29, 0.717) is 0 Å². The maximum atomic E-state index is 12.0. The summed E-state index contributed by atoms with van der Waals surface area (Å²) in [6.45, 7) is 0. The summed E-state index contributed by atoms with van der Waals surface area (Å²) in [5.41, 5.74) is 0.0214. The summed E-state index contributed by atoms with van der Waals surface area (Å²) in [7, 11) is 0. The minimum absolute atomic E-state index is 0.123. The lowest BCUT2D eigenvalue weighted by atomic mass is 10.1. The monoisotopic (exact) mass is 286 g/mol. The number of non-ortho nitro benzene ring substituents is 1. The van der Waals surface area contributed by atoms with Gasteiger partial charge >= 0.3 is 0 Å². The van der Waals surface area contributed by atoms with Gasteiger partial charge in [-0.1, -0.05) is 11.6 Å². The topological polar surface area (TPSA) is 72.2 Å². The average Bonchev–Trinajstić information content (AvgIpc) is 2.81. The SMILES string of the molecule is O=C(NC1CCSC1)c1cc([N+](=O)[O-])ccc1Cl. The highest BCUT2D eigenvalue weighted by Crippen LogP contribution is 2.23. The van der Waals surface area contributed by atoms with E-state index in [0.717, 1.165) is 17.9 Å². The molecule has 1 amide bonds. The first-order valence-electron chi connectivity index (χ1n) is 5.40. The fourth-order valence-electron chi connectivity index (χ4n) is 1.71. The Morgan fingerprint density at radius 2 is 2.33 bits per heavy atom. The zero-order valence-corrected chi connectivity index (χ0v) is 11.0. The number of amides is 1. The second-order valence-electron chi connectivity index (χ2n) is 3.96. The molecule has 0 spiro atoms. The number of rotatable bonds is 3. The molecule has 0 saturated carbocycles. The van der Waals surface area contributed by atoms with E-state index in [4.69, 9.17) is 11.6 Å². The number of nitro groups is 1. The lowest BCUT2D eigenvalue weighted by molar-refractivity contribution is -0.384. The molecule has 1 N–H and O–H groups in total. The van der Waals surface area contributed by atoms with E-state index in [2.05, 4.69) is 5.32 Å². The lowest BCUT2D eigenvalue weighted by Crippen LogP contribution is -2.34. The average molecular weight is 287 g/mol. The first-order chi connectivity index (χ1) is 8.58. The molecule has 1 unspecified atom stereocenters. The molecule has 1 fully saturated rings. The Kier molecular flexibility index (Phi) is 4.08. The third-order valence-electron chi connectivity index (χ3n) is 2.67. The third-order valence-corrected chi connectivity index (χ3v) is 4.16. The number of thioether (sulfide) groups is 1. The highest BCUT2D eigenvalue weighted by Gasteiger charge is 2.21. The Labute approximate surface area is 113 Å². The van der Waals surface area contributed by atoms with Crippen LogP contribution < -0.4 is 5.32 Å². The molecule has 2 rings (SSSR count). The molecule has 1 saturated heterocycles. The highest BCUT2D eigenvalue weighted by atomic mass is 35.5. The molecule has 96 valence electrons. The second kappa shape index (κ2) is 5.58. The molecule has 1 aromatic rings. The number of benzene rings is 1. The van der Waals surface area contributed by atoms with Crippen LogP contribution in [0.15, 0.2) is 18.2 Å². The number of nitrogens with one attached hydrogen (secondary N) is 1. The fourth-order valence-corrected chi connectivity index (χ4v) is 3.07. The molecule has 18 heavy (non-hydrogen) atoms. The molecule has 5 nitrogen and oxygen atoms in total. The van der Waals surface area contributed by atoms with Gasteiger partial charge in [0.1, 0.15) is 0 Å². The number of carbonyl (C=O) groups excluding carboxylic acids is 1. The van der Waals surface area contributed by atoms with Gasteiger partial charge in [0.15, 0.2) is 0 Å². The number of hydrogen-bond donors (Lipinski definition) is 1. The van der Waals surface area contributed by atoms with Gasteiger partial charge in [0, 0.05) is 23.9 Å². The predicted molar refractivity (Wildman–Crippen MR) is 71.3 cm³/mol. The van der Waals surface area contributed by atoms with Crippen LogP contribution in [0.25, 0.3) is 0 Å². The van der Waals surface area contributed by atoms with Gasteiger partial charge < -0.3 is 5.32 Å². The summed E-state index contributed by atoms with van der Waals surface area (Å²) >= 11 is 7.67. The lowest BCUT2D eigenvalue weighted by Gasteiger charge is -2.11. The van der Waals surface area contributed by atoms with Gasteiger partial charge in [-0.25, -0.2) is 0 Å². The van der Waals surface area contributed by atoms with Crippen LogP contribution in [-0.2, 0) is 0 Å². The van der Waals surface area contributed by atoms with Crippen molar-refractivity contribution in [1.29, 1.82) is 0 Å². The Morgan fingerprint density at radius 3 is 2.94 bits per heavy atom. The van der Waals surface area contributed by atoms with Crippen LogP contribution >= 0.6 is 23.4 Å². The zero-order chi connectivity index (χ0) is 13.1. The van der Waals surface area contributed by atoms with Crippen LogP contribution in [0.5, 0.6) is 0 Å². The molecule has 0 aliphatic carbocycles. The van der Waals surface area contributed by atoms with E-state index >= 15 is 0 Å². The van der Waals surface area contributed by atoms with Crippen LogP contribution in [0.3, 0.4) is 0 Å². The van der Waals surface area contributed by atoms with Crippen molar-refractivity contribution in [3.8, 4) is 0 Å². The first-order valence-corrected chi connectivity index (χ1v) is 6.94. The molecule has 1 atom stereocenters. The summed E-state index contributed by atoms with van der Waals surface area (Å²) in [5, 5.41) is 13.7. The van der Waals surface area contributed by atoms with Crippen molar-refractivity contribution < 1.29 is 9.72 Å².